The van der Waals surface area contributed by atoms with E-state index in [9.17, 15) is 14.7 Å². The van der Waals surface area contributed by atoms with Gasteiger partial charge in [0, 0.05) is 12.4 Å². The van der Waals surface area contributed by atoms with E-state index < -0.39 is 17.7 Å². The monoisotopic (exact) mass is 258 g/mol. The molecule has 0 bridgehead atoms. The SMILES string of the molecule is CCC(=O)[O-].CCCCCC(O)(O)C(=O)O.[Na+]. The molecule has 96 valence electrons. The summed E-state index contributed by atoms with van der Waals surface area (Å²) < 4.78 is 0. The van der Waals surface area contributed by atoms with Gasteiger partial charge in [0.1, 0.15) is 0 Å². The van der Waals surface area contributed by atoms with Gasteiger partial charge in [0.05, 0.1) is 0 Å². The van der Waals surface area contributed by atoms with Crippen molar-refractivity contribution in [3.05, 3.63) is 0 Å². The fraction of sp³-hybridized carbons (Fsp3) is 0.800. The molecule has 0 aromatic carbocycles. The first kappa shape index (κ1) is 22.1. The van der Waals surface area contributed by atoms with Crippen LogP contribution in [0.25, 0.3) is 0 Å². The molecule has 3 N–H and O–H groups in total. The molecule has 0 rings (SSSR count). The van der Waals surface area contributed by atoms with Gasteiger partial charge in [-0.2, -0.15) is 0 Å². The van der Waals surface area contributed by atoms with Crippen LogP contribution >= 0.6 is 0 Å². The number of unbranched alkanes of at least 4 members (excludes halogenated alkanes) is 2. The van der Waals surface area contributed by atoms with Gasteiger partial charge >= 0.3 is 35.5 Å². The molecule has 0 radical (unpaired) electrons. The van der Waals surface area contributed by atoms with Gasteiger partial charge in [0.2, 0.25) is 0 Å². The number of rotatable bonds is 6. The summed E-state index contributed by atoms with van der Waals surface area (Å²) in [5.41, 5.74) is 0. The van der Waals surface area contributed by atoms with E-state index >= 15 is 0 Å². The standard InChI is InChI=1S/C7H14O4.C3H6O2.Na/c1-2-3-4-5-7(10,11)6(8)9;1-2-3(4)5;/h10-11H,2-5H2,1H3,(H,8,9);2H2,1H3,(H,4,5);/q;;+1/p-1. The molecule has 6 nitrogen and oxygen atoms in total. The van der Waals surface area contributed by atoms with Crippen molar-refractivity contribution in [2.75, 3.05) is 0 Å². The average Bonchev–Trinajstić information content (AvgIpc) is 2.18. The Balaban J connectivity index is -0.000000280. The molecular weight excluding hydrogens is 239 g/mol. The van der Waals surface area contributed by atoms with E-state index in [1.165, 1.54) is 6.92 Å². The molecule has 0 aromatic rings. The average molecular weight is 258 g/mol. The molecule has 0 unspecified atom stereocenters. The van der Waals surface area contributed by atoms with Crippen LogP contribution in [0.15, 0.2) is 0 Å². The zero-order chi connectivity index (χ0) is 13.2. The predicted octanol–water partition coefficient (Wildman–Crippen LogP) is -3.52. The van der Waals surface area contributed by atoms with E-state index in [0.29, 0.717) is 6.42 Å². The van der Waals surface area contributed by atoms with Gasteiger partial charge < -0.3 is 25.2 Å². The molecule has 0 atom stereocenters. The molecule has 0 aliphatic heterocycles. The Bertz CT molecular complexity index is 217. The first-order valence-electron chi connectivity index (χ1n) is 5.15. The van der Waals surface area contributed by atoms with Crippen molar-refractivity contribution in [2.45, 2.75) is 51.7 Å². The molecule has 7 heteroatoms. The van der Waals surface area contributed by atoms with Gasteiger partial charge in [-0.1, -0.05) is 26.7 Å². The number of carboxylic acids is 2. The summed E-state index contributed by atoms with van der Waals surface area (Å²) in [7, 11) is 0. The van der Waals surface area contributed by atoms with Gasteiger partial charge in [0.15, 0.2) is 0 Å². The molecule has 17 heavy (non-hydrogen) atoms. The maximum atomic E-state index is 10.1. The van der Waals surface area contributed by atoms with Crippen LogP contribution in [0, 0.1) is 0 Å². The van der Waals surface area contributed by atoms with Crippen molar-refractivity contribution in [3.63, 3.8) is 0 Å². The molecule has 0 saturated carbocycles. The molecular formula is C10H19NaO6. The Hall–Kier alpha value is -0.140. The smallest absolute Gasteiger partial charge is 0.550 e. The van der Waals surface area contributed by atoms with Gasteiger partial charge in [0.25, 0.3) is 5.79 Å². The summed E-state index contributed by atoms with van der Waals surface area (Å²) in [6.45, 7) is 3.49. The maximum absolute atomic E-state index is 10.1. The number of hydrogen-bond acceptors (Lipinski definition) is 5. The normalized spacial score (nSPS) is 9.65. The van der Waals surface area contributed by atoms with Crippen molar-refractivity contribution < 1.29 is 59.6 Å². The molecule has 0 fully saturated rings. The van der Waals surface area contributed by atoms with Crippen LogP contribution in [0.3, 0.4) is 0 Å². The third-order valence-corrected chi connectivity index (χ3v) is 1.76. The van der Waals surface area contributed by atoms with Crippen molar-refractivity contribution in [1.29, 1.82) is 0 Å². The van der Waals surface area contributed by atoms with E-state index in [0.717, 1.165) is 12.8 Å². The number of carboxylic acid groups (broad SMARTS) is 2. The first-order valence-corrected chi connectivity index (χ1v) is 5.15. The third-order valence-electron chi connectivity index (χ3n) is 1.76. The fourth-order valence-electron chi connectivity index (χ4n) is 0.728. The van der Waals surface area contributed by atoms with Crippen LogP contribution in [-0.4, -0.2) is 33.0 Å². The van der Waals surface area contributed by atoms with Crippen LogP contribution in [0.4, 0.5) is 0 Å². The minimum atomic E-state index is -2.53. The van der Waals surface area contributed by atoms with Crippen molar-refractivity contribution >= 4 is 11.9 Å². The minimum Gasteiger partial charge on any atom is -0.550 e. The van der Waals surface area contributed by atoms with E-state index in [2.05, 4.69) is 0 Å². The summed E-state index contributed by atoms with van der Waals surface area (Å²) in [5.74, 6) is -5.10. The van der Waals surface area contributed by atoms with Crippen LogP contribution in [-0.2, 0) is 9.59 Å². The Morgan fingerprint density at radius 2 is 1.59 bits per heavy atom. The van der Waals surface area contributed by atoms with Crippen LogP contribution in [0.2, 0.25) is 0 Å². The summed E-state index contributed by atoms with van der Waals surface area (Å²) in [4.78, 5) is 19.4. The van der Waals surface area contributed by atoms with Crippen molar-refractivity contribution in [1.82, 2.24) is 0 Å². The van der Waals surface area contributed by atoms with E-state index in [-0.39, 0.29) is 42.4 Å². The molecule has 0 aliphatic rings. The molecule has 0 heterocycles. The largest absolute Gasteiger partial charge is 1.00 e. The first-order chi connectivity index (χ1) is 7.27. The molecule has 0 saturated heterocycles. The van der Waals surface area contributed by atoms with Crippen LogP contribution in [0.5, 0.6) is 0 Å². The van der Waals surface area contributed by atoms with Crippen molar-refractivity contribution in [3.8, 4) is 0 Å². The summed E-state index contributed by atoms with van der Waals surface area (Å²) in [6.07, 6.45) is 2.28. The van der Waals surface area contributed by atoms with Gasteiger partial charge in [-0.15, -0.1) is 0 Å². The van der Waals surface area contributed by atoms with Crippen molar-refractivity contribution in [2.24, 2.45) is 0 Å². The predicted molar refractivity (Wildman–Crippen MR) is 54.2 cm³/mol. The quantitative estimate of drug-likeness (QED) is 0.258. The topological polar surface area (TPSA) is 118 Å². The molecule has 0 spiro atoms. The van der Waals surface area contributed by atoms with Gasteiger partial charge in [-0.3, -0.25) is 0 Å². The second kappa shape index (κ2) is 12.3. The Labute approximate surface area is 123 Å². The van der Waals surface area contributed by atoms with Crippen LogP contribution < -0.4 is 34.7 Å². The number of aliphatic hydroxyl groups is 2. The van der Waals surface area contributed by atoms with E-state index in [1.54, 1.807) is 0 Å². The summed E-state index contributed by atoms with van der Waals surface area (Å²) in [6, 6.07) is 0. The third kappa shape index (κ3) is 15.9. The fourth-order valence-corrected chi connectivity index (χ4v) is 0.728. The van der Waals surface area contributed by atoms with E-state index in [1.807, 2.05) is 6.92 Å². The zero-order valence-corrected chi connectivity index (χ0v) is 12.6. The second-order valence-corrected chi connectivity index (χ2v) is 3.30. The molecule has 0 amide bonds. The van der Waals surface area contributed by atoms with E-state index in [4.69, 9.17) is 15.3 Å². The number of aliphatic carboxylic acids is 2. The molecule has 0 aromatic heterocycles. The van der Waals surface area contributed by atoms with Gasteiger partial charge in [-0.25, -0.2) is 4.79 Å². The molecule has 0 aliphatic carbocycles. The Morgan fingerprint density at radius 1 is 1.18 bits per heavy atom. The minimum absolute atomic E-state index is 0. The number of carbonyl (C=O) groups excluding carboxylic acids is 1. The number of hydrogen-bond donors (Lipinski definition) is 3. The van der Waals surface area contributed by atoms with Crippen LogP contribution in [0.1, 0.15) is 46.0 Å². The zero-order valence-electron chi connectivity index (χ0n) is 10.6. The summed E-state index contributed by atoms with van der Waals surface area (Å²) in [5, 5.41) is 35.0. The maximum Gasteiger partial charge on any atom is 1.00 e. The number of carbonyl (C=O) groups is 2. The second-order valence-electron chi connectivity index (χ2n) is 3.30. The summed E-state index contributed by atoms with van der Waals surface area (Å²) >= 11 is 0. The van der Waals surface area contributed by atoms with Gasteiger partial charge in [-0.05, 0) is 12.8 Å². The Kier molecular flexibility index (Phi) is 16.0. The Morgan fingerprint density at radius 3 is 1.82 bits per heavy atom.